The highest BCUT2D eigenvalue weighted by Gasteiger charge is 2.11. The number of carbonyl (C=O) groups is 1. The van der Waals surface area contributed by atoms with Crippen LogP contribution in [0.3, 0.4) is 0 Å². The first-order valence-electron chi connectivity index (χ1n) is 6.92. The van der Waals surface area contributed by atoms with E-state index in [4.69, 9.17) is 20.8 Å². The highest BCUT2D eigenvalue weighted by molar-refractivity contribution is 7.07. The first-order chi connectivity index (χ1) is 11.0. The van der Waals surface area contributed by atoms with Crippen molar-refractivity contribution in [1.82, 2.24) is 0 Å². The van der Waals surface area contributed by atoms with Gasteiger partial charge in [0.15, 0.2) is 0 Å². The lowest BCUT2D eigenvalue weighted by Crippen LogP contribution is -2.09. The number of rotatable bonds is 4. The largest absolute Gasteiger partial charge is 0.461 e. The number of aryl methyl sites for hydroxylation is 1. The van der Waals surface area contributed by atoms with Crippen LogP contribution in [0.15, 0.2) is 44.2 Å². The Balaban J connectivity index is 1.83. The fraction of sp³-hybridized carbons (Fsp3) is 0.176. The summed E-state index contributed by atoms with van der Waals surface area (Å²) in [5.74, 6) is -0.344. The number of carbonyl (C=O) groups excluding carboxylic acids is 1. The molecule has 0 amide bonds. The Morgan fingerprint density at radius 3 is 2.91 bits per heavy atom. The second kappa shape index (κ2) is 6.56. The number of benzene rings is 1. The fourth-order valence-corrected chi connectivity index (χ4v) is 3.07. The van der Waals surface area contributed by atoms with Crippen LogP contribution in [0.5, 0.6) is 0 Å². The summed E-state index contributed by atoms with van der Waals surface area (Å²) in [6, 6.07) is 6.62. The minimum Gasteiger partial charge on any atom is -0.461 e. The van der Waals surface area contributed by atoms with Gasteiger partial charge in [-0.15, -0.1) is 0 Å². The smallest absolute Gasteiger partial charge is 0.336 e. The molecule has 0 spiro atoms. The summed E-state index contributed by atoms with van der Waals surface area (Å²) in [5.41, 5.74) is 2.26. The molecule has 0 fully saturated rings. The minimum absolute atomic E-state index is 0.00442. The Labute approximate surface area is 141 Å². The lowest BCUT2D eigenvalue weighted by molar-refractivity contribution is -0.144. The molecule has 3 aromatic rings. The van der Waals surface area contributed by atoms with Gasteiger partial charge in [-0.3, -0.25) is 4.79 Å². The van der Waals surface area contributed by atoms with E-state index in [0.29, 0.717) is 21.6 Å². The molecule has 0 aliphatic heterocycles. The minimum atomic E-state index is -0.483. The average Bonchev–Trinajstić information content (AvgIpc) is 2.99. The number of fused-ring (bicyclic) bond motifs is 1. The molecule has 23 heavy (non-hydrogen) atoms. The molecule has 4 nitrogen and oxygen atoms in total. The van der Waals surface area contributed by atoms with Crippen LogP contribution in [0.1, 0.15) is 16.7 Å². The van der Waals surface area contributed by atoms with E-state index in [0.717, 1.165) is 11.1 Å². The van der Waals surface area contributed by atoms with Crippen molar-refractivity contribution in [3.63, 3.8) is 0 Å². The highest BCUT2D eigenvalue weighted by Crippen LogP contribution is 2.25. The Kier molecular flexibility index (Phi) is 4.50. The molecule has 0 atom stereocenters. The zero-order chi connectivity index (χ0) is 16.4. The average molecular weight is 349 g/mol. The lowest BCUT2D eigenvalue weighted by atomic mass is 10.1. The maximum absolute atomic E-state index is 11.9. The molecular weight excluding hydrogens is 336 g/mol. The number of ether oxygens (including phenoxy) is 1. The molecule has 0 bridgehead atoms. The van der Waals surface area contributed by atoms with Gasteiger partial charge < -0.3 is 9.15 Å². The van der Waals surface area contributed by atoms with Gasteiger partial charge in [0.05, 0.1) is 6.42 Å². The molecule has 6 heteroatoms. The number of halogens is 1. The van der Waals surface area contributed by atoms with Gasteiger partial charge in [-0.1, -0.05) is 11.6 Å². The predicted octanol–water partition coefficient (Wildman–Crippen LogP) is 4.10. The fourth-order valence-electron chi connectivity index (χ4n) is 2.24. The molecule has 0 aliphatic rings. The van der Waals surface area contributed by atoms with Crippen LogP contribution in [0.4, 0.5) is 0 Å². The maximum Gasteiger partial charge on any atom is 0.336 e. The van der Waals surface area contributed by atoms with Gasteiger partial charge in [0.1, 0.15) is 12.2 Å². The predicted molar refractivity (Wildman–Crippen MR) is 90.1 cm³/mol. The van der Waals surface area contributed by atoms with E-state index < -0.39 is 5.63 Å². The van der Waals surface area contributed by atoms with Crippen LogP contribution in [-0.2, 0) is 22.6 Å². The Morgan fingerprint density at radius 1 is 1.35 bits per heavy atom. The van der Waals surface area contributed by atoms with Gasteiger partial charge >= 0.3 is 11.6 Å². The summed E-state index contributed by atoms with van der Waals surface area (Å²) in [4.78, 5) is 23.5. The van der Waals surface area contributed by atoms with E-state index in [1.165, 1.54) is 17.4 Å². The first-order valence-corrected chi connectivity index (χ1v) is 8.24. The summed E-state index contributed by atoms with van der Waals surface area (Å²) >= 11 is 7.66. The number of hydrogen-bond donors (Lipinski definition) is 0. The topological polar surface area (TPSA) is 56.5 Å². The molecule has 0 N–H and O–H groups in total. The van der Waals surface area contributed by atoms with Gasteiger partial charge in [-0.05, 0) is 47.0 Å². The van der Waals surface area contributed by atoms with Crippen molar-refractivity contribution in [1.29, 1.82) is 0 Å². The van der Waals surface area contributed by atoms with E-state index in [1.54, 1.807) is 12.1 Å². The number of esters is 1. The molecule has 0 aliphatic carbocycles. The zero-order valence-corrected chi connectivity index (χ0v) is 13.9. The number of hydrogen-bond acceptors (Lipinski definition) is 5. The summed E-state index contributed by atoms with van der Waals surface area (Å²) in [6.07, 6.45) is 0.211. The monoisotopic (exact) mass is 348 g/mol. The summed E-state index contributed by atoms with van der Waals surface area (Å²) < 4.78 is 10.5. The molecular formula is C17H13ClO4S. The van der Waals surface area contributed by atoms with Crippen LogP contribution in [0.25, 0.3) is 11.0 Å². The first kappa shape index (κ1) is 15.8. The lowest BCUT2D eigenvalue weighted by Gasteiger charge is -2.08. The molecule has 118 valence electrons. The van der Waals surface area contributed by atoms with E-state index in [9.17, 15) is 9.59 Å². The van der Waals surface area contributed by atoms with Crippen LogP contribution in [0, 0.1) is 6.92 Å². The van der Waals surface area contributed by atoms with Crippen LogP contribution < -0.4 is 5.63 Å². The molecule has 1 aromatic carbocycles. The molecule has 2 heterocycles. The maximum atomic E-state index is 11.9. The van der Waals surface area contributed by atoms with Crippen molar-refractivity contribution in [2.24, 2.45) is 0 Å². The zero-order valence-electron chi connectivity index (χ0n) is 12.3. The molecule has 0 radical (unpaired) electrons. The van der Waals surface area contributed by atoms with E-state index in [2.05, 4.69) is 0 Å². The number of thiophene rings is 1. The van der Waals surface area contributed by atoms with Crippen molar-refractivity contribution in [2.75, 3.05) is 0 Å². The SMILES string of the molecule is Cc1cc2oc(=O)cc(COC(=O)Cc3ccsc3)c2cc1Cl. The van der Waals surface area contributed by atoms with Gasteiger partial charge in [0, 0.05) is 22.0 Å². The van der Waals surface area contributed by atoms with Crippen LogP contribution in [-0.4, -0.2) is 5.97 Å². The van der Waals surface area contributed by atoms with E-state index >= 15 is 0 Å². The Morgan fingerprint density at radius 2 is 2.17 bits per heavy atom. The van der Waals surface area contributed by atoms with Gasteiger partial charge in [-0.2, -0.15) is 11.3 Å². The standard InChI is InChI=1S/C17H13ClO4S/c1-10-4-15-13(7-14(10)18)12(6-17(20)22-15)8-21-16(19)5-11-2-3-23-9-11/h2-4,6-7,9H,5,8H2,1H3. The van der Waals surface area contributed by atoms with Crippen molar-refractivity contribution < 1.29 is 13.9 Å². The third kappa shape index (κ3) is 3.63. The van der Waals surface area contributed by atoms with Crippen molar-refractivity contribution in [2.45, 2.75) is 20.0 Å². The summed E-state index contributed by atoms with van der Waals surface area (Å²) in [5, 5.41) is 5.04. The second-order valence-corrected chi connectivity index (χ2v) is 6.34. The van der Waals surface area contributed by atoms with Crippen LogP contribution >= 0.6 is 22.9 Å². The van der Waals surface area contributed by atoms with Gasteiger partial charge in [0.25, 0.3) is 0 Å². The molecule has 2 aromatic heterocycles. The Hall–Kier alpha value is -2.11. The third-order valence-electron chi connectivity index (χ3n) is 3.43. The molecule has 0 saturated heterocycles. The van der Waals surface area contributed by atoms with Crippen molar-refractivity contribution in [3.8, 4) is 0 Å². The van der Waals surface area contributed by atoms with Crippen molar-refractivity contribution in [3.05, 3.63) is 67.2 Å². The second-order valence-electron chi connectivity index (χ2n) is 5.16. The quantitative estimate of drug-likeness (QED) is 0.526. The normalized spacial score (nSPS) is 10.9. The molecule has 0 unspecified atom stereocenters. The highest BCUT2D eigenvalue weighted by atomic mass is 35.5. The Bertz CT molecular complexity index is 912. The van der Waals surface area contributed by atoms with Crippen molar-refractivity contribution >= 4 is 39.9 Å². The van der Waals surface area contributed by atoms with Crippen LogP contribution in [0.2, 0.25) is 5.02 Å². The summed E-state index contributed by atoms with van der Waals surface area (Å²) in [7, 11) is 0. The van der Waals surface area contributed by atoms with Gasteiger partial charge in [0.2, 0.25) is 0 Å². The van der Waals surface area contributed by atoms with E-state index in [1.807, 2.05) is 23.8 Å². The van der Waals surface area contributed by atoms with Gasteiger partial charge in [-0.25, -0.2) is 4.79 Å². The summed E-state index contributed by atoms with van der Waals surface area (Å²) in [6.45, 7) is 1.83. The molecule has 3 rings (SSSR count). The molecule has 0 saturated carbocycles. The van der Waals surface area contributed by atoms with E-state index in [-0.39, 0.29) is 19.0 Å². The third-order valence-corrected chi connectivity index (χ3v) is 4.57.